The Morgan fingerprint density at radius 1 is 1.18 bits per heavy atom. The average molecular weight is 385 g/mol. The second kappa shape index (κ2) is 9.32. The molecule has 1 aliphatic heterocycles. The van der Waals surface area contributed by atoms with Gasteiger partial charge in [-0.1, -0.05) is 24.3 Å². The first-order chi connectivity index (χ1) is 13.6. The molecule has 1 fully saturated rings. The zero-order chi connectivity index (χ0) is 19.9. The minimum absolute atomic E-state index is 0.210. The van der Waals surface area contributed by atoms with E-state index >= 15 is 0 Å². The number of rotatable bonds is 6. The largest absolute Gasteiger partial charge is 0.383 e. The van der Waals surface area contributed by atoms with Gasteiger partial charge in [0, 0.05) is 25.9 Å². The van der Waals surface area contributed by atoms with Gasteiger partial charge in [0.25, 0.3) is 0 Å². The fraction of sp³-hybridized carbons (Fsp3) is 0.333. The van der Waals surface area contributed by atoms with E-state index in [0.29, 0.717) is 31.8 Å². The third-order valence-corrected chi connectivity index (χ3v) is 4.71. The summed E-state index contributed by atoms with van der Waals surface area (Å²) < 4.78 is 18.3. The number of benzene rings is 2. The maximum absolute atomic E-state index is 13.4. The number of carbonyl (C=O) groups is 2. The molecule has 2 aromatic carbocycles. The molecule has 7 heteroatoms. The number of hydrogen-bond acceptors (Lipinski definition) is 3. The number of halogens is 1. The van der Waals surface area contributed by atoms with Crippen LogP contribution in [0.3, 0.4) is 0 Å². The van der Waals surface area contributed by atoms with Crippen molar-refractivity contribution in [3.63, 3.8) is 0 Å². The molecule has 0 aliphatic carbocycles. The van der Waals surface area contributed by atoms with Crippen LogP contribution in [0, 0.1) is 5.82 Å². The molecule has 3 amide bonds. The summed E-state index contributed by atoms with van der Waals surface area (Å²) in [6.07, 6.45) is 1.42. The van der Waals surface area contributed by atoms with Gasteiger partial charge >= 0.3 is 6.03 Å². The van der Waals surface area contributed by atoms with E-state index in [2.05, 4.69) is 10.6 Å². The number of methoxy groups -OCH3 is 1. The third kappa shape index (κ3) is 4.86. The summed E-state index contributed by atoms with van der Waals surface area (Å²) in [5.74, 6) is -0.502. The van der Waals surface area contributed by atoms with Crippen molar-refractivity contribution >= 4 is 17.6 Å². The fourth-order valence-corrected chi connectivity index (χ4v) is 3.28. The van der Waals surface area contributed by atoms with E-state index in [0.717, 1.165) is 17.5 Å². The zero-order valence-electron chi connectivity index (χ0n) is 15.8. The van der Waals surface area contributed by atoms with Gasteiger partial charge in [0.2, 0.25) is 5.91 Å². The molecule has 1 unspecified atom stereocenters. The lowest BCUT2D eigenvalue weighted by Crippen LogP contribution is -2.48. The molecule has 2 N–H and O–H groups in total. The summed E-state index contributed by atoms with van der Waals surface area (Å²) in [5, 5.41) is 5.62. The standard InChI is InChI=1S/C21H24FN3O3/c1-28-13-11-23-21(27)25-12-3-6-19(25)20(26)24-18-9-7-15(8-10-18)16-4-2-5-17(22)14-16/h2,4-5,7-10,14,19H,3,6,11-13H2,1H3,(H,23,27)(H,24,26). The maximum Gasteiger partial charge on any atom is 0.318 e. The predicted octanol–water partition coefficient (Wildman–Crippen LogP) is 3.25. The Kier molecular flexibility index (Phi) is 6.60. The summed E-state index contributed by atoms with van der Waals surface area (Å²) in [7, 11) is 1.57. The molecule has 0 aromatic heterocycles. The van der Waals surface area contributed by atoms with Crippen molar-refractivity contribution < 1.29 is 18.7 Å². The summed E-state index contributed by atoms with van der Waals surface area (Å²) in [6, 6.07) is 12.8. The lowest BCUT2D eigenvalue weighted by atomic mass is 10.1. The van der Waals surface area contributed by atoms with Gasteiger partial charge in [0.15, 0.2) is 0 Å². The first-order valence-corrected chi connectivity index (χ1v) is 9.29. The third-order valence-electron chi connectivity index (χ3n) is 4.71. The Hall–Kier alpha value is -2.93. The molecule has 1 aliphatic rings. The molecule has 0 saturated carbocycles. The van der Waals surface area contributed by atoms with Crippen molar-refractivity contribution in [2.45, 2.75) is 18.9 Å². The van der Waals surface area contributed by atoms with Crippen molar-refractivity contribution in [3.05, 3.63) is 54.3 Å². The smallest absolute Gasteiger partial charge is 0.318 e. The SMILES string of the molecule is COCCNC(=O)N1CCCC1C(=O)Nc1ccc(-c2cccc(F)c2)cc1. The number of carbonyl (C=O) groups excluding carboxylic acids is 2. The van der Waals surface area contributed by atoms with Crippen LogP contribution < -0.4 is 10.6 Å². The molecule has 0 radical (unpaired) electrons. The molecule has 6 nitrogen and oxygen atoms in total. The van der Waals surface area contributed by atoms with Crippen LogP contribution in [0.5, 0.6) is 0 Å². The number of ether oxygens (including phenoxy) is 1. The number of amides is 3. The van der Waals surface area contributed by atoms with E-state index in [1.54, 1.807) is 30.2 Å². The molecule has 0 bridgehead atoms. The molecule has 28 heavy (non-hydrogen) atoms. The van der Waals surface area contributed by atoms with E-state index in [1.165, 1.54) is 12.1 Å². The second-order valence-corrected chi connectivity index (χ2v) is 6.65. The van der Waals surface area contributed by atoms with Crippen LogP contribution in [0.2, 0.25) is 0 Å². The van der Waals surface area contributed by atoms with Gasteiger partial charge in [0.1, 0.15) is 11.9 Å². The van der Waals surface area contributed by atoms with Gasteiger partial charge in [-0.05, 0) is 48.2 Å². The van der Waals surface area contributed by atoms with Gasteiger partial charge in [-0.3, -0.25) is 4.79 Å². The highest BCUT2D eigenvalue weighted by molar-refractivity contribution is 5.97. The van der Waals surface area contributed by atoms with Gasteiger partial charge in [-0.15, -0.1) is 0 Å². The summed E-state index contributed by atoms with van der Waals surface area (Å²) in [5.41, 5.74) is 2.27. The number of urea groups is 1. The Morgan fingerprint density at radius 3 is 2.68 bits per heavy atom. The van der Waals surface area contributed by atoms with Crippen molar-refractivity contribution in [2.24, 2.45) is 0 Å². The van der Waals surface area contributed by atoms with E-state index in [9.17, 15) is 14.0 Å². The Balaban J connectivity index is 1.61. The van der Waals surface area contributed by atoms with Gasteiger partial charge in [-0.2, -0.15) is 0 Å². The first-order valence-electron chi connectivity index (χ1n) is 9.29. The lowest BCUT2D eigenvalue weighted by molar-refractivity contribution is -0.119. The molecule has 148 valence electrons. The second-order valence-electron chi connectivity index (χ2n) is 6.65. The monoisotopic (exact) mass is 385 g/mol. The minimum atomic E-state index is -0.495. The molecular formula is C21H24FN3O3. The van der Waals surface area contributed by atoms with E-state index in [4.69, 9.17) is 4.74 Å². The topological polar surface area (TPSA) is 70.7 Å². The Labute approximate surface area is 163 Å². The molecule has 1 heterocycles. The van der Waals surface area contributed by atoms with Gasteiger partial charge in [-0.25, -0.2) is 9.18 Å². The van der Waals surface area contributed by atoms with Crippen LogP contribution in [0.1, 0.15) is 12.8 Å². The van der Waals surface area contributed by atoms with Gasteiger partial charge < -0.3 is 20.3 Å². The number of hydrogen-bond donors (Lipinski definition) is 2. The van der Waals surface area contributed by atoms with Crippen molar-refractivity contribution in [1.29, 1.82) is 0 Å². The molecule has 1 atom stereocenters. The van der Waals surface area contributed by atoms with Crippen LogP contribution in [0.4, 0.5) is 14.9 Å². The van der Waals surface area contributed by atoms with Crippen molar-refractivity contribution in [3.8, 4) is 11.1 Å². The Morgan fingerprint density at radius 2 is 1.96 bits per heavy atom. The maximum atomic E-state index is 13.4. The number of nitrogens with one attached hydrogen (secondary N) is 2. The lowest BCUT2D eigenvalue weighted by Gasteiger charge is -2.24. The molecule has 3 rings (SSSR count). The predicted molar refractivity (Wildman–Crippen MR) is 105 cm³/mol. The number of likely N-dealkylation sites (tertiary alicyclic amines) is 1. The summed E-state index contributed by atoms with van der Waals surface area (Å²) >= 11 is 0. The molecule has 0 spiro atoms. The summed E-state index contributed by atoms with van der Waals surface area (Å²) in [4.78, 5) is 26.5. The highest BCUT2D eigenvalue weighted by atomic mass is 19.1. The van der Waals surface area contributed by atoms with Crippen LogP contribution in [-0.2, 0) is 9.53 Å². The number of nitrogens with zero attached hydrogens (tertiary/aromatic N) is 1. The number of anilines is 1. The molecule has 2 aromatic rings. The highest BCUT2D eigenvalue weighted by Gasteiger charge is 2.34. The Bertz CT molecular complexity index is 826. The average Bonchev–Trinajstić information content (AvgIpc) is 3.19. The zero-order valence-corrected chi connectivity index (χ0v) is 15.8. The van der Waals surface area contributed by atoms with Crippen molar-refractivity contribution in [1.82, 2.24) is 10.2 Å². The van der Waals surface area contributed by atoms with Crippen LogP contribution in [0.25, 0.3) is 11.1 Å². The van der Waals surface area contributed by atoms with E-state index < -0.39 is 6.04 Å². The van der Waals surface area contributed by atoms with Crippen LogP contribution in [0.15, 0.2) is 48.5 Å². The van der Waals surface area contributed by atoms with Gasteiger partial charge in [0.05, 0.1) is 6.61 Å². The normalized spacial score (nSPS) is 16.1. The highest BCUT2D eigenvalue weighted by Crippen LogP contribution is 2.23. The van der Waals surface area contributed by atoms with E-state index in [1.807, 2.05) is 18.2 Å². The van der Waals surface area contributed by atoms with Crippen molar-refractivity contribution in [2.75, 3.05) is 32.1 Å². The minimum Gasteiger partial charge on any atom is -0.383 e. The molecule has 1 saturated heterocycles. The quantitative estimate of drug-likeness (QED) is 0.750. The van der Waals surface area contributed by atoms with Crippen LogP contribution in [-0.4, -0.2) is 49.7 Å². The van der Waals surface area contributed by atoms with E-state index in [-0.39, 0.29) is 17.8 Å². The van der Waals surface area contributed by atoms with Crippen LogP contribution >= 0.6 is 0 Å². The first kappa shape index (κ1) is 19.8. The molecular weight excluding hydrogens is 361 g/mol. The summed E-state index contributed by atoms with van der Waals surface area (Å²) in [6.45, 7) is 1.38. The fourth-order valence-electron chi connectivity index (χ4n) is 3.28.